The zero-order chi connectivity index (χ0) is 48.8. The molecule has 10 rings (SSSR count). The maximum absolute atomic E-state index is 12.3. The van der Waals surface area contributed by atoms with Gasteiger partial charge in [0.1, 0.15) is 23.0 Å². The Labute approximate surface area is 397 Å². The van der Waals surface area contributed by atoms with Crippen LogP contribution < -0.4 is 44.7 Å². The lowest BCUT2D eigenvalue weighted by Gasteiger charge is -2.36. The molecule has 70 heavy (non-hydrogen) atoms. The van der Waals surface area contributed by atoms with Crippen molar-refractivity contribution in [2.75, 3.05) is 72.9 Å². The Kier molecular flexibility index (Phi) is 14.2. The first-order chi connectivity index (χ1) is 33.6. The molecule has 4 saturated heterocycles. The van der Waals surface area contributed by atoms with E-state index in [4.69, 9.17) is 14.5 Å². The molecule has 6 aromatic rings. The Morgan fingerprint density at radius 3 is 1.59 bits per heavy atom. The number of piperidine rings is 1. The lowest BCUT2D eigenvalue weighted by molar-refractivity contribution is -0.275. The number of aromatic nitrogens is 4. The van der Waals surface area contributed by atoms with E-state index in [1.165, 1.54) is 50.2 Å². The van der Waals surface area contributed by atoms with Gasteiger partial charge in [-0.25, -0.2) is 19.9 Å². The number of carbonyl (C=O) groups is 2. The molecule has 2 aromatic heterocycles. The second-order valence-corrected chi connectivity index (χ2v) is 17.2. The minimum Gasteiger partial charge on any atom is -0.484 e. The van der Waals surface area contributed by atoms with Crippen molar-refractivity contribution < 1.29 is 54.9 Å². The molecule has 16 nitrogen and oxygen atoms in total. The number of rotatable bonds is 13. The van der Waals surface area contributed by atoms with Crippen LogP contribution in [0.15, 0.2) is 97.3 Å². The first kappa shape index (κ1) is 47.8. The number of anilines is 4. The number of halogens is 6. The van der Waals surface area contributed by atoms with Crippen LogP contribution in [0.3, 0.4) is 0 Å². The predicted octanol–water partition coefficient (Wildman–Crippen LogP) is 7.71. The molecule has 4 aliphatic heterocycles. The highest BCUT2D eigenvalue weighted by molar-refractivity contribution is 5.95. The highest BCUT2D eigenvalue weighted by Gasteiger charge is 2.39. The zero-order valence-corrected chi connectivity index (χ0v) is 37.5. The van der Waals surface area contributed by atoms with Gasteiger partial charge in [0, 0.05) is 78.8 Å². The Balaban J connectivity index is 0.000000175. The van der Waals surface area contributed by atoms with Crippen LogP contribution in [-0.4, -0.2) is 120 Å². The number of carbonyl (C=O) groups excluding carboxylic acids is 2. The van der Waals surface area contributed by atoms with Crippen molar-refractivity contribution in [1.29, 1.82) is 0 Å². The number of amides is 2. The number of hydrogen-bond donors (Lipinski definition) is 3. The molecule has 2 amide bonds. The fourth-order valence-electron chi connectivity index (χ4n) is 9.00. The molecule has 0 saturated carbocycles. The van der Waals surface area contributed by atoms with Crippen molar-refractivity contribution in [3.63, 3.8) is 0 Å². The highest BCUT2D eigenvalue weighted by atomic mass is 19.4. The molecule has 2 bridgehead atoms. The molecule has 368 valence electrons. The highest BCUT2D eigenvalue weighted by Crippen LogP contribution is 2.30. The molecule has 4 aromatic carbocycles. The van der Waals surface area contributed by atoms with E-state index in [9.17, 15) is 35.9 Å². The van der Waals surface area contributed by atoms with Gasteiger partial charge in [0.05, 0.1) is 11.0 Å². The van der Waals surface area contributed by atoms with Gasteiger partial charge in [-0.2, -0.15) is 0 Å². The van der Waals surface area contributed by atoms with Crippen LogP contribution >= 0.6 is 0 Å². The van der Waals surface area contributed by atoms with E-state index in [-0.39, 0.29) is 36.2 Å². The lowest BCUT2D eigenvalue weighted by atomic mass is 10.0. The van der Waals surface area contributed by atoms with Crippen LogP contribution in [0.25, 0.3) is 21.8 Å². The minimum atomic E-state index is -4.76. The van der Waals surface area contributed by atoms with Crippen LogP contribution in [-0.2, 0) is 9.59 Å². The van der Waals surface area contributed by atoms with E-state index in [0.29, 0.717) is 35.4 Å². The second-order valence-electron chi connectivity index (χ2n) is 17.2. The summed E-state index contributed by atoms with van der Waals surface area (Å²) in [6.45, 7) is 5.57. The SMILES string of the molecule is O=C(COc1ccc(OC(F)(F)F)cc1)Nc1ccc2nc(N3CC4CC3CN4)ncc2c1.O=C(COc1ccc(OC(F)(F)F)cc1)Nc1ccc2nc(N3CCC(N4CCCC4)CC3)ncc2c1. The van der Waals surface area contributed by atoms with E-state index < -0.39 is 24.5 Å². The van der Waals surface area contributed by atoms with Gasteiger partial charge in [-0.05, 0) is 130 Å². The first-order valence-electron chi connectivity index (χ1n) is 22.7. The van der Waals surface area contributed by atoms with Crippen molar-refractivity contribution in [1.82, 2.24) is 30.2 Å². The van der Waals surface area contributed by atoms with Crippen LogP contribution in [0, 0.1) is 0 Å². The second kappa shape index (κ2) is 20.8. The van der Waals surface area contributed by atoms with E-state index in [1.54, 1.807) is 36.7 Å². The van der Waals surface area contributed by atoms with Gasteiger partial charge in [-0.3, -0.25) is 9.59 Å². The average Bonchev–Trinajstić information content (AvgIpc) is 4.14. The molecule has 4 aliphatic rings. The number of fused-ring (bicyclic) bond motifs is 4. The molecule has 6 heterocycles. The number of benzene rings is 4. The van der Waals surface area contributed by atoms with E-state index in [1.807, 2.05) is 12.1 Å². The fourth-order valence-corrected chi connectivity index (χ4v) is 9.00. The van der Waals surface area contributed by atoms with Gasteiger partial charge in [0.2, 0.25) is 11.9 Å². The first-order valence-corrected chi connectivity index (χ1v) is 22.7. The summed E-state index contributed by atoms with van der Waals surface area (Å²) in [5.74, 6) is 0.375. The number of nitrogens with one attached hydrogen (secondary N) is 3. The molecule has 0 aliphatic carbocycles. The molecule has 4 fully saturated rings. The predicted molar refractivity (Wildman–Crippen MR) is 247 cm³/mol. The molecule has 2 atom stereocenters. The van der Waals surface area contributed by atoms with Gasteiger partial charge in [-0.15, -0.1) is 26.3 Å². The number of piperazine rings is 1. The van der Waals surface area contributed by atoms with E-state index in [0.717, 1.165) is 97.5 Å². The Bertz CT molecular complexity index is 2770. The summed E-state index contributed by atoms with van der Waals surface area (Å²) in [6.07, 6.45) is -0.0452. The van der Waals surface area contributed by atoms with E-state index in [2.05, 4.69) is 55.1 Å². The molecule has 2 unspecified atom stereocenters. The summed E-state index contributed by atoms with van der Waals surface area (Å²) in [5.41, 5.74) is 2.71. The largest absolute Gasteiger partial charge is 0.573 e. The number of nitrogens with zero attached hydrogens (tertiary/aromatic N) is 7. The van der Waals surface area contributed by atoms with Gasteiger partial charge in [-0.1, -0.05) is 0 Å². The molecule has 0 spiro atoms. The molecular weight excluding hydrogens is 927 g/mol. The zero-order valence-electron chi connectivity index (χ0n) is 37.5. The summed E-state index contributed by atoms with van der Waals surface area (Å²) < 4.78 is 91.6. The molecular formula is C48H48F6N10O6. The normalized spacial score (nSPS) is 18.4. The van der Waals surface area contributed by atoms with E-state index >= 15 is 0 Å². The number of likely N-dealkylation sites (tertiary alicyclic amines) is 1. The Morgan fingerprint density at radius 2 is 1.11 bits per heavy atom. The molecule has 0 radical (unpaired) electrons. The third-order valence-electron chi connectivity index (χ3n) is 12.3. The number of alkyl halides is 6. The lowest BCUT2D eigenvalue weighted by Crippen LogP contribution is -2.44. The van der Waals surface area contributed by atoms with Gasteiger partial charge in [0.15, 0.2) is 13.2 Å². The maximum Gasteiger partial charge on any atom is 0.573 e. The Hall–Kier alpha value is -7.20. The van der Waals surface area contributed by atoms with Crippen molar-refractivity contribution in [2.24, 2.45) is 0 Å². The summed E-state index contributed by atoms with van der Waals surface area (Å²) >= 11 is 0. The molecule has 3 N–H and O–H groups in total. The Morgan fingerprint density at radius 1 is 0.629 bits per heavy atom. The van der Waals surface area contributed by atoms with Crippen molar-refractivity contribution in [2.45, 2.75) is 63.0 Å². The van der Waals surface area contributed by atoms with Gasteiger partial charge < -0.3 is 49.6 Å². The number of ether oxygens (including phenoxy) is 4. The third-order valence-corrected chi connectivity index (χ3v) is 12.3. The molecule has 22 heteroatoms. The maximum atomic E-state index is 12.3. The fraction of sp³-hybridized carbons (Fsp3) is 0.375. The third kappa shape index (κ3) is 12.7. The quantitative estimate of drug-likeness (QED) is 0.0963. The summed E-state index contributed by atoms with van der Waals surface area (Å²) in [4.78, 5) is 50.1. The standard InChI is InChI=1S/C26H28F3N5O3.C22H20F3N5O3/c27-26(28,29)37-22-6-4-21(5-7-22)36-17-24(35)31-19-3-8-23-18(15-19)16-30-25(32-23)34-13-9-20(10-14-34)33-11-1-2-12-33;23-22(24,25)33-18-4-2-17(3-5-18)32-12-20(31)28-14-1-6-19-13(7-14)9-27-21(29-19)30-11-15-8-16(30)10-26-15/h3-8,15-16,20H,1-2,9-14,17H2,(H,31,35);1-7,9,15-16,26H,8,10-12H2,(H,28,31). The topological polar surface area (TPSA) is 168 Å². The smallest absolute Gasteiger partial charge is 0.484 e. The minimum absolute atomic E-state index is 0.241. The van der Waals surface area contributed by atoms with Crippen LogP contribution in [0.1, 0.15) is 32.1 Å². The van der Waals surface area contributed by atoms with Gasteiger partial charge >= 0.3 is 12.7 Å². The number of hydrogen-bond acceptors (Lipinski definition) is 14. The van der Waals surface area contributed by atoms with Crippen molar-refractivity contribution in [3.05, 3.63) is 97.3 Å². The van der Waals surface area contributed by atoms with Crippen LogP contribution in [0.5, 0.6) is 23.0 Å². The average molecular weight is 975 g/mol. The summed E-state index contributed by atoms with van der Waals surface area (Å²) in [7, 11) is 0. The van der Waals surface area contributed by atoms with Crippen molar-refractivity contribution in [3.8, 4) is 23.0 Å². The van der Waals surface area contributed by atoms with Crippen LogP contribution in [0.2, 0.25) is 0 Å². The van der Waals surface area contributed by atoms with Crippen molar-refractivity contribution >= 4 is 56.9 Å². The summed E-state index contributed by atoms with van der Waals surface area (Å²) in [5, 5.41) is 10.5. The van der Waals surface area contributed by atoms with Crippen LogP contribution in [0.4, 0.5) is 49.6 Å². The monoisotopic (exact) mass is 974 g/mol. The summed E-state index contributed by atoms with van der Waals surface area (Å²) in [6, 6.07) is 22.0. The van der Waals surface area contributed by atoms with Gasteiger partial charge in [0.25, 0.3) is 11.8 Å².